The highest BCUT2D eigenvalue weighted by atomic mass is 19.3. The average molecular weight is 430 g/mol. The van der Waals surface area contributed by atoms with Crippen molar-refractivity contribution in [3.05, 3.63) is 71.9 Å². The molecule has 0 atom stereocenters. The number of nitrogens with zero attached hydrogens (tertiary/aromatic N) is 1. The van der Waals surface area contributed by atoms with E-state index in [2.05, 4.69) is 15.0 Å². The summed E-state index contributed by atoms with van der Waals surface area (Å²) in [4.78, 5) is 16.6. The van der Waals surface area contributed by atoms with Crippen LogP contribution in [0.25, 0.3) is 0 Å². The highest BCUT2D eigenvalue weighted by Crippen LogP contribution is 2.29. The van der Waals surface area contributed by atoms with E-state index in [1.54, 1.807) is 49.7 Å². The molecule has 0 saturated carbocycles. The Bertz CT molecular complexity index is 1030. The minimum absolute atomic E-state index is 0.0358. The van der Waals surface area contributed by atoms with Crippen LogP contribution >= 0.6 is 0 Å². The summed E-state index contributed by atoms with van der Waals surface area (Å²) < 4.78 is 45.0. The third-order valence-electron chi connectivity index (χ3n) is 4.16. The van der Waals surface area contributed by atoms with Crippen LogP contribution in [-0.4, -0.2) is 31.7 Å². The van der Waals surface area contributed by atoms with Crippen molar-refractivity contribution >= 4 is 5.91 Å². The quantitative estimate of drug-likeness (QED) is 0.541. The number of ether oxygens (including phenoxy) is 4. The van der Waals surface area contributed by atoms with Gasteiger partial charge in [0.15, 0.2) is 11.5 Å². The van der Waals surface area contributed by atoms with E-state index < -0.39 is 12.5 Å². The Kier molecular flexibility index (Phi) is 7.21. The van der Waals surface area contributed by atoms with Gasteiger partial charge in [-0.25, -0.2) is 4.98 Å². The van der Waals surface area contributed by atoms with Gasteiger partial charge in [0.25, 0.3) is 5.91 Å². The van der Waals surface area contributed by atoms with Crippen LogP contribution in [0, 0.1) is 0 Å². The number of pyridine rings is 1. The molecule has 0 bridgehead atoms. The van der Waals surface area contributed by atoms with Crippen LogP contribution in [0.2, 0.25) is 0 Å². The zero-order valence-corrected chi connectivity index (χ0v) is 16.8. The van der Waals surface area contributed by atoms with Crippen LogP contribution in [0.15, 0.2) is 60.8 Å². The fraction of sp³-hybridized carbons (Fsp3) is 0.182. The van der Waals surface area contributed by atoms with Gasteiger partial charge in [-0.3, -0.25) is 4.79 Å². The largest absolute Gasteiger partial charge is 0.497 e. The highest BCUT2D eigenvalue weighted by Gasteiger charge is 2.14. The predicted octanol–water partition coefficient (Wildman–Crippen LogP) is 4.42. The summed E-state index contributed by atoms with van der Waals surface area (Å²) >= 11 is 0. The van der Waals surface area contributed by atoms with Crippen molar-refractivity contribution in [3.8, 4) is 28.9 Å². The highest BCUT2D eigenvalue weighted by molar-refractivity contribution is 5.94. The molecule has 9 heteroatoms. The zero-order valence-electron chi connectivity index (χ0n) is 16.8. The molecule has 0 aliphatic rings. The van der Waals surface area contributed by atoms with Gasteiger partial charge in [-0.15, -0.1) is 0 Å². The van der Waals surface area contributed by atoms with Crippen molar-refractivity contribution in [1.29, 1.82) is 0 Å². The maximum absolute atomic E-state index is 12.4. The summed E-state index contributed by atoms with van der Waals surface area (Å²) in [5.41, 5.74) is 0.986. The van der Waals surface area contributed by atoms with Gasteiger partial charge in [-0.2, -0.15) is 8.78 Å². The van der Waals surface area contributed by atoms with Gasteiger partial charge < -0.3 is 24.3 Å². The minimum Gasteiger partial charge on any atom is -0.497 e. The molecule has 1 amide bonds. The number of methoxy groups -OCH3 is 2. The maximum Gasteiger partial charge on any atom is 0.387 e. The first-order valence-corrected chi connectivity index (χ1v) is 9.16. The first-order valence-electron chi connectivity index (χ1n) is 9.16. The van der Waals surface area contributed by atoms with Gasteiger partial charge >= 0.3 is 6.61 Å². The number of nitrogens with one attached hydrogen (secondary N) is 1. The first-order chi connectivity index (χ1) is 15.0. The lowest BCUT2D eigenvalue weighted by atomic mass is 10.2. The Morgan fingerprint density at radius 3 is 2.48 bits per heavy atom. The Balaban J connectivity index is 1.59. The summed E-state index contributed by atoms with van der Waals surface area (Å²) in [6.45, 7) is -2.78. The van der Waals surface area contributed by atoms with Crippen LogP contribution < -0.4 is 24.3 Å². The predicted molar refractivity (Wildman–Crippen MR) is 108 cm³/mol. The van der Waals surface area contributed by atoms with E-state index in [0.717, 1.165) is 5.56 Å². The van der Waals surface area contributed by atoms with Gasteiger partial charge in [0.2, 0.25) is 5.88 Å². The Labute approximate surface area is 177 Å². The summed E-state index contributed by atoms with van der Waals surface area (Å²) in [6, 6.07) is 14.5. The second kappa shape index (κ2) is 10.2. The molecular weight excluding hydrogens is 410 g/mol. The van der Waals surface area contributed by atoms with Gasteiger partial charge in [-0.05, 0) is 35.9 Å². The number of halogens is 2. The van der Waals surface area contributed by atoms with Crippen LogP contribution in [0.5, 0.6) is 28.9 Å². The zero-order chi connectivity index (χ0) is 22.2. The normalized spacial score (nSPS) is 10.5. The van der Waals surface area contributed by atoms with Gasteiger partial charge in [0.1, 0.15) is 11.5 Å². The lowest BCUT2D eigenvalue weighted by molar-refractivity contribution is -0.0512. The molecule has 0 unspecified atom stereocenters. The van der Waals surface area contributed by atoms with Gasteiger partial charge in [-0.1, -0.05) is 12.1 Å². The molecule has 3 rings (SSSR count). The van der Waals surface area contributed by atoms with E-state index in [-0.39, 0.29) is 23.6 Å². The van der Waals surface area contributed by atoms with E-state index in [1.807, 2.05) is 0 Å². The van der Waals surface area contributed by atoms with Gasteiger partial charge in [0.05, 0.1) is 14.2 Å². The fourth-order valence-electron chi connectivity index (χ4n) is 2.65. The third-order valence-corrected chi connectivity index (χ3v) is 4.16. The summed E-state index contributed by atoms with van der Waals surface area (Å²) in [6.07, 6.45) is 1.58. The molecule has 2 aromatic carbocycles. The van der Waals surface area contributed by atoms with Crippen molar-refractivity contribution in [2.24, 2.45) is 0 Å². The van der Waals surface area contributed by atoms with Crippen LogP contribution in [0.4, 0.5) is 8.78 Å². The number of rotatable bonds is 9. The molecule has 0 aliphatic heterocycles. The standard InChI is InChI=1S/C22H20F2N2O5/c1-28-16-4-3-5-17(11-16)30-20-9-6-14(12-25-20)13-26-21(27)15-7-8-18(31-22(23)24)19(10-15)29-2/h3-12,22H,13H2,1-2H3,(H,26,27). The van der Waals surface area contributed by atoms with Crippen LogP contribution in [-0.2, 0) is 6.54 Å². The van der Waals surface area contributed by atoms with Crippen LogP contribution in [0.1, 0.15) is 15.9 Å². The third kappa shape index (κ3) is 6.05. The number of carbonyl (C=O) groups excluding carboxylic acids is 1. The number of alkyl halides is 2. The number of amides is 1. The fourth-order valence-corrected chi connectivity index (χ4v) is 2.65. The maximum atomic E-state index is 12.4. The molecular formula is C22H20F2N2O5. The van der Waals surface area contributed by atoms with Crippen LogP contribution in [0.3, 0.4) is 0 Å². The number of aromatic nitrogens is 1. The smallest absolute Gasteiger partial charge is 0.387 e. The Hall–Kier alpha value is -3.88. The molecule has 0 fully saturated rings. The average Bonchev–Trinajstić information content (AvgIpc) is 2.78. The first kappa shape index (κ1) is 21.8. The monoisotopic (exact) mass is 430 g/mol. The van der Waals surface area contributed by atoms with Gasteiger partial charge in [0, 0.05) is 30.4 Å². The molecule has 0 aliphatic carbocycles. The molecule has 1 N–H and O–H groups in total. The van der Waals surface area contributed by atoms with Crippen molar-refractivity contribution in [2.45, 2.75) is 13.2 Å². The Morgan fingerprint density at radius 2 is 1.81 bits per heavy atom. The molecule has 0 spiro atoms. The lowest BCUT2D eigenvalue weighted by Crippen LogP contribution is -2.23. The van der Waals surface area contributed by atoms with E-state index in [9.17, 15) is 13.6 Å². The Morgan fingerprint density at radius 1 is 1.00 bits per heavy atom. The molecule has 31 heavy (non-hydrogen) atoms. The number of carbonyl (C=O) groups is 1. The molecule has 0 saturated heterocycles. The van der Waals surface area contributed by atoms with E-state index in [1.165, 1.54) is 25.3 Å². The molecule has 7 nitrogen and oxygen atoms in total. The SMILES string of the molecule is COc1cccc(Oc2ccc(CNC(=O)c3ccc(OC(F)F)c(OC)c3)cn2)c1. The van der Waals surface area contributed by atoms with Crippen molar-refractivity contribution in [3.63, 3.8) is 0 Å². The van der Waals surface area contributed by atoms with Crippen molar-refractivity contribution in [2.75, 3.05) is 14.2 Å². The van der Waals surface area contributed by atoms with E-state index in [4.69, 9.17) is 14.2 Å². The summed E-state index contributed by atoms with van der Waals surface area (Å²) in [5, 5.41) is 2.73. The molecule has 1 heterocycles. The summed E-state index contributed by atoms with van der Waals surface area (Å²) in [5.74, 6) is 1.13. The topological polar surface area (TPSA) is 78.9 Å². The minimum atomic E-state index is -2.99. The van der Waals surface area contributed by atoms with E-state index in [0.29, 0.717) is 17.4 Å². The number of hydrogen-bond acceptors (Lipinski definition) is 6. The number of benzene rings is 2. The summed E-state index contributed by atoms with van der Waals surface area (Å²) in [7, 11) is 2.87. The van der Waals surface area contributed by atoms with Crippen molar-refractivity contribution < 1.29 is 32.5 Å². The number of hydrogen-bond donors (Lipinski definition) is 1. The molecule has 0 radical (unpaired) electrons. The molecule has 1 aromatic heterocycles. The molecule has 3 aromatic rings. The van der Waals surface area contributed by atoms with E-state index >= 15 is 0 Å². The van der Waals surface area contributed by atoms with Crippen molar-refractivity contribution in [1.82, 2.24) is 10.3 Å². The second-order valence-corrected chi connectivity index (χ2v) is 6.21. The molecule has 162 valence electrons. The second-order valence-electron chi connectivity index (χ2n) is 6.21. The lowest BCUT2D eigenvalue weighted by Gasteiger charge is -2.12.